The number of aliphatic hydroxyl groups is 1. The molecule has 1 N–H and O–H groups in total. The van der Waals surface area contributed by atoms with Crippen LogP contribution in [0.4, 0.5) is 5.69 Å². The third-order valence-electron chi connectivity index (χ3n) is 3.17. The zero-order chi connectivity index (χ0) is 13.0. The molecule has 0 radical (unpaired) electrons. The molecular weight excluding hydrogens is 230 g/mol. The number of methoxy groups -OCH3 is 1. The predicted octanol–water partition coefficient (Wildman–Crippen LogP) is 1.48. The number of Topliss-reactive ketones (excluding diaryl/α,β-unsaturated/α-hetero) is 1. The molecule has 98 valence electrons. The number of rotatable bonds is 4. The first-order valence-electron chi connectivity index (χ1n) is 6.26. The van der Waals surface area contributed by atoms with Gasteiger partial charge in [-0.3, -0.25) is 4.79 Å². The molecule has 1 unspecified atom stereocenters. The van der Waals surface area contributed by atoms with Gasteiger partial charge in [0.2, 0.25) is 0 Å². The minimum Gasteiger partial charge on any atom is -0.389 e. The minimum atomic E-state index is -0.531. The Kier molecular flexibility index (Phi) is 4.33. The summed E-state index contributed by atoms with van der Waals surface area (Å²) in [5, 5.41) is 9.83. The Morgan fingerprint density at radius 2 is 2.22 bits per heavy atom. The number of carbonyl (C=O) groups excluding carboxylic acids is 1. The highest BCUT2D eigenvalue weighted by Gasteiger charge is 2.21. The van der Waals surface area contributed by atoms with Crippen molar-refractivity contribution in [3.63, 3.8) is 0 Å². The van der Waals surface area contributed by atoms with E-state index in [1.165, 1.54) is 0 Å². The Hall–Kier alpha value is -1.39. The van der Waals surface area contributed by atoms with Crippen molar-refractivity contribution in [1.82, 2.24) is 0 Å². The van der Waals surface area contributed by atoms with Crippen LogP contribution in [-0.4, -0.2) is 43.8 Å². The molecule has 1 heterocycles. The van der Waals surface area contributed by atoms with E-state index in [0.29, 0.717) is 19.6 Å². The van der Waals surface area contributed by atoms with Gasteiger partial charge in [0, 0.05) is 37.9 Å². The molecule has 0 aliphatic carbocycles. The number of fused-ring (bicyclic) bond motifs is 1. The second-order valence-corrected chi connectivity index (χ2v) is 4.60. The number of anilines is 1. The van der Waals surface area contributed by atoms with Crippen molar-refractivity contribution in [2.24, 2.45) is 0 Å². The molecule has 1 aliphatic heterocycles. The number of aliphatic hydroxyl groups excluding tert-OH is 1. The van der Waals surface area contributed by atoms with Gasteiger partial charge < -0.3 is 14.7 Å². The van der Waals surface area contributed by atoms with Crippen LogP contribution in [0.1, 0.15) is 23.2 Å². The van der Waals surface area contributed by atoms with Crippen LogP contribution in [0.2, 0.25) is 0 Å². The zero-order valence-corrected chi connectivity index (χ0v) is 10.6. The fraction of sp³-hybridized carbons (Fsp3) is 0.500. The first-order valence-corrected chi connectivity index (χ1v) is 6.26. The van der Waals surface area contributed by atoms with Crippen LogP contribution in [-0.2, 0) is 4.74 Å². The third kappa shape index (κ3) is 2.89. The maximum atomic E-state index is 11.9. The van der Waals surface area contributed by atoms with Crippen LogP contribution in [0.5, 0.6) is 0 Å². The van der Waals surface area contributed by atoms with Gasteiger partial charge in [0.05, 0.1) is 12.7 Å². The molecule has 0 fully saturated rings. The molecule has 0 saturated heterocycles. The Labute approximate surface area is 107 Å². The average molecular weight is 249 g/mol. The lowest BCUT2D eigenvalue weighted by molar-refractivity contribution is 0.0688. The van der Waals surface area contributed by atoms with Gasteiger partial charge in [-0.25, -0.2) is 0 Å². The number of nitrogens with zero attached hydrogens (tertiary/aromatic N) is 1. The maximum absolute atomic E-state index is 11.9. The molecule has 0 saturated carbocycles. The second kappa shape index (κ2) is 5.98. The van der Waals surface area contributed by atoms with Crippen molar-refractivity contribution in [2.45, 2.75) is 18.9 Å². The number of ketones is 1. The summed E-state index contributed by atoms with van der Waals surface area (Å²) in [7, 11) is 1.57. The molecule has 0 aromatic heterocycles. The predicted molar refractivity (Wildman–Crippen MR) is 70.1 cm³/mol. The number of hydrogen-bond acceptors (Lipinski definition) is 4. The number of hydrogen-bond donors (Lipinski definition) is 1. The Morgan fingerprint density at radius 3 is 3.00 bits per heavy atom. The lowest BCUT2D eigenvalue weighted by Crippen LogP contribution is -2.35. The Bertz CT molecular complexity index is 419. The minimum absolute atomic E-state index is 0.189. The van der Waals surface area contributed by atoms with Crippen LogP contribution < -0.4 is 4.90 Å². The number of β-amino-alcohol motifs (C(OH)–C–C–N with tert-alkyl or cyclic N) is 1. The molecule has 18 heavy (non-hydrogen) atoms. The zero-order valence-electron chi connectivity index (χ0n) is 10.6. The lowest BCUT2D eigenvalue weighted by atomic mass is 10.1. The summed E-state index contributed by atoms with van der Waals surface area (Å²) in [6.07, 6.45) is 0.873. The summed E-state index contributed by atoms with van der Waals surface area (Å²) in [4.78, 5) is 14.0. The summed E-state index contributed by atoms with van der Waals surface area (Å²) >= 11 is 0. The van der Waals surface area contributed by atoms with E-state index >= 15 is 0 Å². The van der Waals surface area contributed by atoms with Crippen molar-refractivity contribution < 1.29 is 14.6 Å². The highest BCUT2D eigenvalue weighted by molar-refractivity contribution is 6.01. The van der Waals surface area contributed by atoms with E-state index < -0.39 is 6.10 Å². The van der Waals surface area contributed by atoms with Gasteiger partial charge in [-0.2, -0.15) is 0 Å². The molecule has 4 nitrogen and oxygen atoms in total. The molecule has 0 amide bonds. The van der Waals surface area contributed by atoms with Gasteiger partial charge >= 0.3 is 0 Å². The van der Waals surface area contributed by atoms with Crippen LogP contribution in [0, 0.1) is 0 Å². The highest BCUT2D eigenvalue weighted by atomic mass is 16.5. The molecule has 1 aromatic carbocycles. The van der Waals surface area contributed by atoms with Crippen molar-refractivity contribution in [3.8, 4) is 0 Å². The van der Waals surface area contributed by atoms with Gasteiger partial charge in [-0.15, -0.1) is 0 Å². The van der Waals surface area contributed by atoms with Gasteiger partial charge in [0.25, 0.3) is 0 Å². The molecule has 2 rings (SSSR count). The SMILES string of the molecule is COCC(O)CN1CCCC(=O)c2ccccc21. The summed E-state index contributed by atoms with van der Waals surface area (Å²) in [5.74, 6) is 0.189. The summed E-state index contributed by atoms with van der Waals surface area (Å²) < 4.78 is 4.94. The molecular formula is C14H19NO3. The second-order valence-electron chi connectivity index (χ2n) is 4.60. The summed E-state index contributed by atoms with van der Waals surface area (Å²) in [5.41, 5.74) is 1.69. The summed E-state index contributed by atoms with van der Waals surface area (Å²) in [6.45, 7) is 1.61. The lowest BCUT2D eigenvalue weighted by Gasteiger charge is -2.26. The van der Waals surface area contributed by atoms with Crippen molar-refractivity contribution in [1.29, 1.82) is 0 Å². The van der Waals surface area contributed by atoms with Crippen LogP contribution in [0.3, 0.4) is 0 Å². The van der Waals surface area contributed by atoms with Gasteiger partial charge in [-0.05, 0) is 18.6 Å². The largest absolute Gasteiger partial charge is 0.389 e. The van der Waals surface area contributed by atoms with E-state index in [0.717, 1.165) is 24.2 Å². The van der Waals surface area contributed by atoms with Gasteiger partial charge in [0.1, 0.15) is 0 Å². The molecule has 1 atom stereocenters. The Morgan fingerprint density at radius 1 is 1.44 bits per heavy atom. The van der Waals surface area contributed by atoms with Crippen LogP contribution >= 0.6 is 0 Å². The third-order valence-corrected chi connectivity index (χ3v) is 3.17. The standard InChI is InChI=1S/C14H19NO3/c1-18-10-11(16)9-15-8-4-7-14(17)12-5-2-3-6-13(12)15/h2-3,5-6,11,16H,4,7-10H2,1H3. The van der Waals surface area contributed by atoms with Crippen molar-refractivity contribution >= 4 is 11.5 Å². The summed E-state index contributed by atoms with van der Waals surface area (Å²) in [6, 6.07) is 7.61. The molecule has 1 aliphatic rings. The molecule has 0 bridgehead atoms. The Balaban J connectivity index is 2.20. The fourth-order valence-corrected chi connectivity index (χ4v) is 2.36. The number of benzene rings is 1. The van der Waals surface area contributed by atoms with E-state index in [9.17, 15) is 9.90 Å². The normalized spacial score (nSPS) is 17.2. The van der Waals surface area contributed by atoms with Gasteiger partial charge in [0.15, 0.2) is 5.78 Å². The molecule has 4 heteroatoms. The van der Waals surface area contributed by atoms with Crippen LogP contribution in [0.15, 0.2) is 24.3 Å². The van der Waals surface area contributed by atoms with E-state index in [4.69, 9.17) is 4.74 Å². The molecule has 1 aromatic rings. The first-order chi connectivity index (χ1) is 8.72. The van der Waals surface area contributed by atoms with E-state index in [1.54, 1.807) is 7.11 Å². The highest BCUT2D eigenvalue weighted by Crippen LogP contribution is 2.26. The maximum Gasteiger partial charge on any atom is 0.165 e. The smallest absolute Gasteiger partial charge is 0.165 e. The van der Waals surface area contributed by atoms with Crippen LogP contribution in [0.25, 0.3) is 0 Å². The topological polar surface area (TPSA) is 49.8 Å². The fourth-order valence-electron chi connectivity index (χ4n) is 2.36. The number of carbonyl (C=O) groups is 1. The van der Waals surface area contributed by atoms with Crippen molar-refractivity contribution in [2.75, 3.05) is 31.7 Å². The average Bonchev–Trinajstić information content (AvgIpc) is 2.51. The van der Waals surface area contributed by atoms with Gasteiger partial charge in [-0.1, -0.05) is 12.1 Å². The molecule has 0 spiro atoms. The van der Waals surface area contributed by atoms with E-state index in [-0.39, 0.29) is 5.78 Å². The monoisotopic (exact) mass is 249 g/mol. The van der Waals surface area contributed by atoms with E-state index in [2.05, 4.69) is 4.90 Å². The number of ether oxygens (including phenoxy) is 1. The number of para-hydroxylation sites is 1. The van der Waals surface area contributed by atoms with Crippen molar-refractivity contribution in [3.05, 3.63) is 29.8 Å². The van der Waals surface area contributed by atoms with E-state index in [1.807, 2.05) is 24.3 Å². The quantitative estimate of drug-likeness (QED) is 0.878. The first kappa shape index (κ1) is 13.1.